The number of nitriles is 1. The van der Waals surface area contributed by atoms with Crippen molar-refractivity contribution in [1.82, 2.24) is 0 Å². The molecule has 0 amide bonds. The molecule has 4 nitrogen and oxygen atoms in total. The summed E-state index contributed by atoms with van der Waals surface area (Å²) in [6.07, 6.45) is 2.43. The average Bonchev–Trinajstić information content (AvgIpc) is 2.43. The first-order valence-electron chi connectivity index (χ1n) is 5.64. The normalized spacial score (nSPS) is 10.6. The Hall–Kier alpha value is -2.28. The van der Waals surface area contributed by atoms with E-state index in [4.69, 9.17) is 10.00 Å². The molecule has 0 aliphatic heterocycles. The van der Waals surface area contributed by atoms with E-state index in [1.165, 1.54) is 13.2 Å². The molecule has 0 aliphatic rings. The second kappa shape index (κ2) is 7.13. The monoisotopic (exact) mass is 245 g/mol. The molecule has 0 saturated heterocycles. The molecule has 1 aromatic carbocycles. The number of rotatable bonds is 5. The van der Waals surface area contributed by atoms with Gasteiger partial charge in [-0.05, 0) is 30.2 Å². The first-order chi connectivity index (χ1) is 8.71. The molecule has 0 saturated carbocycles. The maximum Gasteiger partial charge on any atom is 0.348 e. The van der Waals surface area contributed by atoms with Crippen molar-refractivity contribution < 1.29 is 14.3 Å². The Bertz CT molecular complexity index is 469. The van der Waals surface area contributed by atoms with Crippen molar-refractivity contribution in [1.29, 1.82) is 5.26 Å². The first kappa shape index (κ1) is 13.8. The SMILES string of the molecule is CCCOc1ccc(/C=C(/C#N)C(=O)OC)cc1. The second-order valence-electron chi connectivity index (χ2n) is 3.58. The maximum atomic E-state index is 11.2. The summed E-state index contributed by atoms with van der Waals surface area (Å²) in [4.78, 5) is 11.2. The second-order valence-corrected chi connectivity index (χ2v) is 3.58. The molecule has 1 rings (SSSR count). The zero-order chi connectivity index (χ0) is 13.4. The Labute approximate surface area is 106 Å². The van der Waals surface area contributed by atoms with Crippen LogP contribution in [0.2, 0.25) is 0 Å². The van der Waals surface area contributed by atoms with Gasteiger partial charge in [0.15, 0.2) is 0 Å². The van der Waals surface area contributed by atoms with E-state index in [1.54, 1.807) is 30.3 Å². The number of carbonyl (C=O) groups is 1. The number of ether oxygens (including phenoxy) is 2. The van der Waals surface area contributed by atoms with Gasteiger partial charge in [0.05, 0.1) is 13.7 Å². The summed E-state index contributed by atoms with van der Waals surface area (Å²) >= 11 is 0. The number of methoxy groups -OCH3 is 1. The fourth-order valence-electron chi connectivity index (χ4n) is 1.29. The molecule has 0 fully saturated rings. The van der Waals surface area contributed by atoms with E-state index in [2.05, 4.69) is 4.74 Å². The third-order valence-electron chi connectivity index (χ3n) is 2.19. The first-order valence-corrected chi connectivity index (χ1v) is 5.64. The van der Waals surface area contributed by atoms with Gasteiger partial charge in [0.2, 0.25) is 0 Å². The zero-order valence-corrected chi connectivity index (χ0v) is 10.5. The van der Waals surface area contributed by atoms with Crippen molar-refractivity contribution >= 4 is 12.0 Å². The molecule has 94 valence electrons. The maximum absolute atomic E-state index is 11.2. The number of nitrogens with zero attached hydrogens (tertiary/aromatic N) is 1. The van der Waals surface area contributed by atoms with Crippen molar-refractivity contribution in [2.45, 2.75) is 13.3 Å². The summed E-state index contributed by atoms with van der Waals surface area (Å²) < 4.78 is 9.93. The van der Waals surface area contributed by atoms with Crippen LogP contribution in [0.1, 0.15) is 18.9 Å². The molecule has 0 spiro atoms. The van der Waals surface area contributed by atoms with E-state index in [0.717, 1.165) is 17.7 Å². The summed E-state index contributed by atoms with van der Waals surface area (Å²) in [6.45, 7) is 2.70. The van der Waals surface area contributed by atoms with Gasteiger partial charge in [-0.25, -0.2) is 4.79 Å². The molecule has 0 atom stereocenters. The van der Waals surface area contributed by atoms with Gasteiger partial charge in [0.1, 0.15) is 17.4 Å². The molecular weight excluding hydrogens is 230 g/mol. The van der Waals surface area contributed by atoms with E-state index in [9.17, 15) is 4.79 Å². The topological polar surface area (TPSA) is 59.3 Å². The summed E-state index contributed by atoms with van der Waals surface area (Å²) in [5.41, 5.74) is 0.723. The lowest BCUT2D eigenvalue weighted by atomic mass is 10.1. The van der Waals surface area contributed by atoms with Crippen LogP contribution in [0.5, 0.6) is 5.75 Å². The highest BCUT2D eigenvalue weighted by Crippen LogP contribution is 2.15. The number of benzene rings is 1. The number of esters is 1. The molecule has 0 N–H and O–H groups in total. The predicted molar refractivity (Wildman–Crippen MR) is 67.8 cm³/mol. The Morgan fingerprint density at radius 3 is 2.56 bits per heavy atom. The molecule has 0 aliphatic carbocycles. The van der Waals surface area contributed by atoms with Gasteiger partial charge in [-0.3, -0.25) is 0 Å². The molecule has 18 heavy (non-hydrogen) atoms. The van der Waals surface area contributed by atoms with Gasteiger partial charge in [-0.1, -0.05) is 19.1 Å². The number of carbonyl (C=O) groups excluding carboxylic acids is 1. The highest BCUT2D eigenvalue weighted by Gasteiger charge is 2.08. The highest BCUT2D eigenvalue weighted by atomic mass is 16.5. The Balaban J connectivity index is 2.82. The summed E-state index contributed by atoms with van der Waals surface area (Å²) in [5, 5.41) is 8.82. The van der Waals surface area contributed by atoms with Crippen LogP contribution in [-0.2, 0) is 9.53 Å². The molecular formula is C14H15NO3. The smallest absolute Gasteiger partial charge is 0.348 e. The Morgan fingerprint density at radius 1 is 1.39 bits per heavy atom. The van der Waals surface area contributed by atoms with Gasteiger partial charge in [0.25, 0.3) is 0 Å². The van der Waals surface area contributed by atoms with Crippen LogP contribution >= 0.6 is 0 Å². The average molecular weight is 245 g/mol. The standard InChI is InChI=1S/C14H15NO3/c1-3-8-18-13-6-4-11(5-7-13)9-12(10-15)14(16)17-2/h4-7,9H,3,8H2,1-2H3/b12-9-. The van der Waals surface area contributed by atoms with Crippen LogP contribution in [0.3, 0.4) is 0 Å². The number of hydrogen-bond acceptors (Lipinski definition) is 4. The van der Waals surface area contributed by atoms with Crippen LogP contribution in [-0.4, -0.2) is 19.7 Å². The van der Waals surface area contributed by atoms with Crippen molar-refractivity contribution in [3.8, 4) is 11.8 Å². The van der Waals surface area contributed by atoms with Crippen molar-refractivity contribution in [3.63, 3.8) is 0 Å². The van der Waals surface area contributed by atoms with Crippen molar-refractivity contribution in [3.05, 3.63) is 35.4 Å². The van der Waals surface area contributed by atoms with E-state index < -0.39 is 5.97 Å². The van der Waals surface area contributed by atoms with Crippen LogP contribution in [0.25, 0.3) is 6.08 Å². The fourth-order valence-corrected chi connectivity index (χ4v) is 1.29. The molecule has 0 radical (unpaired) electrons. The Morgan fingerprint density at radius 2 is 2.06 bits per heavy atom. The predicted octanol–water partition coefficient (Wildman–Crippen LogP) is 2.56. The summed E-state index contributed by atoms with van der Waals surface area (Å²) in [5.74, 6) is 0.134. The molecule has 4 heteroatoms. The third kappa shape index (κ3) is 3.95. The largest absolute Gasteiger partial charge is 0.494 e. The summed E-state index contributed by atoms with van der Waals surface area (Å²) in [7, 11) is 1.25. The van der Waals surface area contributed by atoms with Gasteiger partial charge in [-0.15, -0.1) is 0 Å². The highest BCUT2D eigenvalue weighted by molar-refractivity contribution is 5.97. The molecule has 0 unspecified atom stereocenters. The van der Waals surface area contributed by atoms with Crippen molar-refractivity contribution in [2.75, 3.05) is 13.7 Å². The van der Waals surface area contributed by atoms with Crippen LogP contribution in [0, 0.1) is 11.3 Å². The number of hydrogen-bond donors (Lipinski definition) is 0. The Kier molecular flexibility index (Phi) is 5.46. The lowest BCUT2D eigenvalue weighted by Crippen LogP contribution is -2.02. The van der Waals surface area contributed by atoms with Crippen molar-refractivity contribution in [2.24, 2.45) is 0 Å². The van der Waals surface area contributed by atoms with Gasteiger partial charge >= 0.3 is 5.97 Å². The van der Waals surface area contributed by atoms with E-state index >= 15 is 0 Å². The summed E-state index contributed by atoms with van der Waals surface area (Å²) in [6, 6.07) is 8.97. The minimum absolute atomic E-state index is 0.0280. The van der Waals surface area contributed by atoms with E-state index in [1.807, 2.05) is 6.92 Å². The van der Waals surface area contributed by atoms with E-state index in [-0.39, 0.29) is 5.57 Å². The van der Waals surface area contributed by atoms with E-state index in [0.29, 0.717) is 6.61 Å². The fraction of sp³-hybridized carbons (Fsp3) is 0.286. The lowest BCUT2D eigenvalue weighted by molar-refractivity contribution is -0.135. The minimum atomic E-state index is -0.635. The molecule has 0 heterocycles. The van der Waals surface area contributed by atoms with Gasteiger partial charge in [0, 0.05) is 0 Å². The molecule has 0 bridgehead atoms. The quantitative estimate of drug-likeness (QED) is 0.454. The minimum Gasteiger partial charge on any atom is -0.494 e. The van der Waals surface area contributed by atoms with Gasteiger partial charge in [-0.2, -0.15) is 5.26 Å². The van der Waals surface area contributed by atoms with Crippen LogP contribution < -0.4 is 4.74 Å². The van der Waals surface area contributed by atoms with Gasteiger partial charge < -0.3 is 9.47 Å². The molecule has 1 aromatic rings. The third-order valence-corrected chi connectivity index (χ3v) is 2.19. The molecule has 0 aromatic heterocycles. The van der Waals surface area contributed by atoms with Crippen LogP contribution in [0.4, 0.5) is 0 Å². The zero-order valence-electron chi connectivity index (χ0n) is 10.5. The lowest BCUT2D eigenvalue weighted by Gasteiger charge is -2.04. The van der Waals surface area contributed by atoms with Crippen LogP contribution in [0.15, 0.2) is 29.8 Å².